The molecule has 0 aromatic heterocycles. The number of piperidine rings is 1. The van der Waals surface area contributed by atoms with Crippen molar-refractivity contribution >= 4 is 5.91 Å². The van der Waals surface area contributed by atoms with Crippen molar-refractivity contribution in [1.29, 1.82) is 0 Å². The van der Waals surface area contributed by atoms with Gasteiger partial charge in [-0.1, -0.05) is 6.92 Å². The first-order chi connectivity index (χ1) is 9.63. The maximum absolute atomic E-state index is 12.6. The second-order valence-electron chi connectivity index (χ2n) is 5.71. The van der Waals surface area contributed by atoms with E-state index in [1.165, 1.54) is 6.42 Å². The van der Waals surface area contributed by atoms with Crippen LogP contribution in [0.25, 0.3) is 0 Å². The molecule has 20 heavy (non-hydrogen) atoms. The summed E-state index contributed by atoms with van der Waals surface area (Å²) < 4.78 is 5.55. The van der Waals surface area contributed by atoms with Crippen LogP contribution in [-0.4, -0.2) is 29.5 Å². The minimum Gasteiger partial charge on any atom is -0.494 e. The van der Waals surface area contributed by atoms with Gasteiger partial charge in [-0.15, -0.1) is 0 Å². The molecule has 0 N–H and O–H groups in total. The lowest BCUT2D eigenvalue weighted by atomic mass is 9.96. The summed E-state index contributed by atoms with van der Waals surface area (Å²) in [6, 6.07) is 8.21. The second-order valence-corrected chi connectivity index (χ2v) is 5.71. The number of benzene rings is 1. The second kappa shape index (κ2) is 6.78. The quantitative estimate of drug-likeness (QED) is 0.834. The van der Waals surface area contributed by atoms with Crippen LogP contribution < -0.4 is 4.74 Å². The van der Waals surface area contributed by atoms with Gasteiger partial charge < -0.3 is 9.64 Å². The number of hydrogen-bond donors (Lipinski definition) is 0. The summed E-state index contributed by atoms with van der Waals surface area (Å²) in [6.07, 6.45) is 4.42. The summed E-state index contributed by atoms with van der Waals surface area (Å²) >= 11 is 0. The lowest BCUT2D eigenvalue weighted by Crippen LogP contribution is -2.47. The van der Waals surface area contributed by atoms with E-state index in [2.05, 4.69) is 20.8 Å². The summed E-state index contributed by atoms with van der Waals surface area (Å²) in [5, 5.41) is 0. The molecule has 0 spiro atoms. The zero-order valence-corrected chi connectivity index (χ0v) is 12.8. The normalized spacial score (nSPS) is 22.6. The molecular weight excluding hydrogens is 250 g/mol. The van der Waals surface area contributed by atoms with E-state index in [9.17, 15) is 4.79 Å². The van der Waals surface area contributed by atoms with Gasteiger partial charge in [0.2, 0.25) is 0 Å². The molecule has 1 saturated heterocycles. The van der Waals surface area contributed by atoms with Crippen LogP contribution >= 0.6 is 0 Å². The molecular formula is C17H25NO2. The highest BCUT2D eigenvalue weighted by molar-refractivity contribution is 5.94. The number of ether oxygens (including phenoxy) is 1. The highest BCUT2D eigenvalue weighted by atomic mass is 16.5. The molecule has 0 radical (unpaired) electrons. The maximum Gasteiger partial charge on any atom is 0.254 e. The highest BCUT2D eigenvalue weighted by Crippen LogP contribution is 2.25. The Labute approximate surface area is 121 Å². The molecule has 1 aromatic rings. The molecule has 1 aromatic carbocycles. The van der Waals surface area contributed by atoms with E-state index >= 15 is 0 Å². The van der Waals surface area contributed by atoms with Gasteiger partial charge in [-0.25, -0.2) is 0 Å². The first-order valence-electron chi connectivity index (χ1n) is 7.69. The number of nitrogens with zero attached hydrogens (tertiary/aromatic N) is 1. The third-order valence-corrected chi connectivity index (χ3v) is 4.00. The van der Waals surface area contributed by atoms with Crippen molar-refractivity contribution in [3.05, 3.63) is 29.8 Å². The summed E-state index contributed by atoms with van der Waals surface area (Å²) in [7, 11) is 0. The lowest BCUT2D eigenvalue weighted by molar-refractivity contribution is 0.0511. The van der Waals surface area contributed by atoms with Crippen LogP contribution in [-0.2, 0) is 0 Å². The minimum absolute atomic E-state index is 0.145. The van der Waals surface area contributed by atoms with Gasteiger partial charge in [-0.05, 0) is 63.8 Å². The first kappa shape index (κ1) is 14.9. The van der Waals surface area contributed by atoms with Crippen molar-refractivity contribution < 1.29 is 9.53 Å². The summed E-state index contributed by atoms with van der Waals surface area (Å²) in [5.41, 5.74) is 0.759. The fourth-order valence-corrected chi connectivity index (χ4v) is 2.88. The van der Waals surface area contributed by atoms with Gasteiger partial charge in [-0.2, -0.15) is 0 Å². The van der Waals surface area contributed by atoms with E-state index in [-0.39, 0.29) is 5.91 Å². The predicted molar refractivity (Wildman–Crippen MR) is 81.2 cm³/mol. The molecule has 1 heterocycles. The van der Waals surface area contributed by atoms with Gasteiger partial charge in [0.1, 0.15) is 5.75 Å². The summed E-state index contributed by atoms with van der Waals surface area (Å²) in [5.74, 6) is 0.981. The molecule has 1 aliphatic rings. The predicted octanol–water partition coefficient (Wildman–Crippen LogP) is 3.88. The van der Waals surface area contributed by atoms with Gasteiger partial charge >= 0.3 is 0 Å². The number of carbonyl (C=O) groups excluding carboxylic acids is 1. The average Bonchev–Trinajstić information content (AvgIpc) is 2.45. The zero-order chi connectivity index (χ0) is 14.5. The van der Waals surface area contributed by atoms with Crippen molar-refractivity contribution in [3.8, 4) is 5.75 Å². The van der Waals surface area contributed by atoms with E-state index in [0.29, 0.717) is 18.7 Å². The Kier molecular flexibility index (Phi) is 5.05. The fourth-order valence-electron chi connectivity index (χ4n) is 2.88. The number of hydrogen-bond acceptors (Lipinski definition) is 2. The maximum atomic E-state index is 12.6. The number of likely N-dealkylation sites (tertiary alicyclic amines) is 1. The van der Waals surface area contributed by atoms with E-state index in [4.69, 9.17) is 4.74 Å². The Bertz CT molecular complexity index is 431. The van der Waals surface area contributed by atoms with E-state index in [1.54, 1.807) is 0 Å². The van der Waals surface area contributed by atoms with Crippen molar-refractivity contribution in [2.45, 2.75) is 58.5 Å². The van der Waals surface area contributed by atoms with Crippen LogP contribution in [0.1, 0.15) is 56.8 Å². The third-order valence-electron chi connectivity index (χ3n) is 4.00. The monoisotopic (exact) mass is 275 g/mol. The third kappa shape index (κ3) is 3.33. The van der Waals surface area contributed by atoms with Crippen LogP contribution in [0.5, 0.6) is 5.75 Å². The zero-order valence-electron chi connectivity index (χ0n) is 12.8. The SMILES string of the molecule is CCCOc1ccc(C(=O)N2[C@@H](C)CCC[C@@H]2C)cc1. The van der Waals surface area contributed by atoms with E-state index in [1.807, 2.05) is 29.2 Å². The van der Waals surface area contributed by atoms with E-state index in [0.717, 1.165) is 30.6 Å². The van der Waals surface area contributed by atoms with Crippen molar-refractivity contribution in [3.63, 3.8) is 0 Å². The fraction of sp³-hybridized carbons (Fsp3) is 0.588. The minimum atomic E-state index is 0.145. The number of rotatable bonds is 4. The Morgan fingerprint density at radius 3 is 2.35 bits per heavy atom. The van der Waals surface area contributed by atoms with Crippen LogP contribution in [0.2, 0.25) is 0 Å². The van der Waals surface area contributed by atoms with Gasteiger partial charge in [0, 0.05) is 17.6 Å². The van der Waals surface area contributed by atoms with Gasteiger partial charge in [-0.3, -0.25) is 4.79 Å². The van der Waals surface area contributed by atoms with Gasteiger partial charge in [0.15, 0.2) is 0 Å². The molecule has 1 fully saturated rings. The highest BCUT2D eigenvalue weighted by Gasteiger charge is 2.29. The Hall–Kier alpha value is -1.51. The summed E-state index contributed by atoms with van der Waals surface area (Å²) in [6.45, 7) is 7.09. The van der Waals surface area contributed by atoms with Crippen LogP contribution in [0, 0.1) is 0 Å². The molecule has 3 nitrogen and oxygen atoms in total. The molecule has 2 atom stereocenters. The molecule has 0 bridgehead atoms. The topological polar surface area (TPSA) is 29.5 Å². The lowest BCUT2D eigenvalue weighted by Gasteiger charge is -2.39. The van der Waals surface area contributed by atoms with Crippen molar-refractivity contribution in [2.75, 3.05) is 6.61 Å². The van der Waals surface area contributed by atoms with Crippen LogP contribution in [0.4, 0.5) is 0 Å². The standard InChI is InChI=1S/C17H25NO2/c1-4-12-20-16-10-8-15(9-11-16)17(19)18-13(2)6-5-7-14(18)3/h8-11,13-14H,4-7,12H2,1-3H3/t13-,14-/m0/s1. The molecule has 0 unspecified atom stereocenters. The molecule has 0 aliphatic carbocycles. The molecule has 1 aliphatic heterocycles. The average molecular weight is 275 g/mol. The Morgan fingerprint density at radius 2 is 1.80 bits per heavy atom. The summed E-state index contributed by atoms with van der Waals surface area (Å²) in [4.78, 5) is 14.7. The molecule has 3 heteroatoms. The smallest absolute Gasteiger partial charge is 0.254 e. The first-order valence-corrected chi connectivity index (χ1v) is 7.69. The molecule has 0 saturated carbocycles. The molecule has 2 rings (SSSR count). The number of carbonyl (C=O) groups is 1. The van der Waals surface area contributed by atoms with Crippen LogP contribution in [0.15, 0.2) is 24.3 Å². The Balaban J connectivity index is 2.08. The number of amides is 1. The van der Waals surface area contributed by atoms with Crippen molar-refractivity contribution in [1.82, 2.24) is 4.90 Å². The van der Waals surface area contributed by atoms with Crippen LogP contribution in [0.3, 0.4) is 0 Å². The largest absolute Gasteiger partial charge is 0.494 e. The van der Waals surface area contributed by atoms with E-state index < -0.39 is 0 Å². The van der Waals surface area contributed by atoms with Crippen molar-refractivity contribution in [2.24, 2.45) is 0 Å². The van der Waals surface area contributed by atoms with Gasteiger partial charge in [0.05, 0.1) is 6.61 Å². The Morgan fingerprint density at radius 1 is 1.20 bits per heavy atom. The molecule has 1 amide bonds. The van der Waals surface area contributed by atoms with Gasteiger partial charge in [0.25, 0.3) is 5.91 Å². The molecule has 110 valence electrons.